The van der Waals surface area contributed by atoms with Crippen LogP contribution < -0.4 is 15.4 Å². The lowest BCUT2D eigenvalue weighted by Crippen LogP contribution is -2.41. The van der Waals surface area contributed by atoms with Crippen molar-refractivity contribution in [3.8, 4) is 23.2 Å². The van der Waals surface area contributed by atoms with Gasteiger partial charge in [-0.3, -0.25) is 4.79 Å². The Bertz CT molecular complexity index is 1930. The number of aromatic nitrogens is 2. The first-order valence-corrected chi connectivity index (χ1v) is 15.6. The number of hydrogen-bond donors (Lipinski definition) is 1. The molecule has 0 bridgehead atoms. The van der Waals surface area contributed by atoms with Crippen molar-refractivity contribution < 1.29 is 27.1 Å². The molecule has 0 spiro atoms. The summed E-state index contributed by atoms with van der Waals surface area (Å²) in [6.45, 7) is 2.65. The van der Waals surface area contributed by atoms with Gasteiger partial charge in [0.05, 0.1) is 28.4 Å². The Morgan fingerprint density at radius 3 is 2.76 bits per heavy atom. The van der Waals surface area contributed by atoms with Gasteiger partial charge in [0.25, 0.3) is 5.92 Å². The smallest absolute Gasteiger partial charge is 0.319 e. The Labute approximate surface area is 270 Å². The number of benzene rings is 2. The van der Waals surface area contributed by atoms with Crippen LogP contribution in [-0.2, 0) is 4.79 Å². The number of thiophene rings is 1. The third kappa shape index (κ3) is 5.67. The standard InChI is InChI=1S/C31H28ClF4N7O2S/c1-3-22(44)42-9-10-43(15-31(35,36)14-42)29-18-11-20(32)24(17-6-7-21(33)27-23(17)19(12-37)28(38)46-27)25(34)26(18)39-30(40-29)45-13-16-5-4-8-41(16)2/h3,6-7,11,16H,1,4-5,8-10,13-15,38H2,2H3/t16-/m0/s1. The predicted molar refractivity (Wildman–Crippen MR) is 169 cm³/mol. The van der Waals surface area contributed by atoms with Gasteiger partial charge in [0.1, 0.15) is 34.8 Å². The quantitative estimate of drug-likeness (QED) is 0.201. The van der Waals surface area contributed by atoms with E-state index in [4.69, 9.17) is 22.1 Å². The highest BCUT2D eigenvalue weighted by Gasteiger charge is 2.39. The van der Waals surface area contributed by atoms with Crippen LogP contribution in [0.3, 0.4) is 0 Å². The Hall–Kier alpha value is -4.19. The van der Waals surface area contributed by atoms with Crippen molar-refractivity contribution in [1.82, 2.24) is 19.8 Å². The number of hydrogen-bond acceptors (Lipinski definition) is 9. The molecule has 2 aromatic carbocycles. The van der Waals surface area contributed by atoms with E-state index >= 15 is 13.2 Å². The summed E-state index contributed by atoms with van der Waals surface area (Å²) < 4.78 is 68.0. The lowest BCUT2D eigenvalue weighted by Gasteiger charge is -2.26. The highest BCUT2D eigenvalue weighted by Crippen LogP contribution is 2.46. The van der Waals surface area contributed by atoms with Gasteiger partial charge in [-0.25, -0.2) is 17.6 Å². The number of nitrogens with zero attached hydrogens (tertiary/aromatic N) is 6. The van der Waals surface area contributed by atoms with Gasteiger partial charge in [-0.2, -0.15) is 15.2 Å². The molecule has 0 saturated carbocycles. The molecule has 1 atom stereocenters. The molecule has 46 heavy (non-hydrogen) atoms. The van der Waals surface area contributed by atoms with E-state index < -0.39 is 36.6 Å². The fourth-order valence-electron chi connectivity index (χ4n) is 6.09. The molecule has 4 heterocycles. The zero-order valence-electron chi connectivity index (χ0n) is 24.6. The predicted octanol–water partition coefficient (Wildman–Crippen LogP) is 5.84. The molecule has 2 aromatic heterocycles. The molecule has 4 aromatic rings. The van der Waals surface area contributed by atoms with Crippen molar-refractivity contribution in [2.45, 2.75) is 24.8 Å². The van der Waals surface area contributed by atoms with Gasteiger partial charge in [-0.05, 0) is 50.2 Å². The Balaban J connectivity index is 1.54. The molecule has 2 N–H and O–H groups in total. The summed E-state index contributed by atoms with van der Waals surface area (Å²) in [5, 5.41) is 9.82. The third-order valence-electron chi connectivity index (χ3n) is 8.39. The average Bonchev–Trinajstić information content (AvgIpc) is 3.54. The van der Waals surface area contributed by atoms with Gasteiger partial charge in [0, 0.05) is 35.5 Å². The lowest BCUT2D eigenvalue weighted by molar-refractivity contribution is -0.130. The first kappa shape index (κ1) is 31.8. The number of amides is 1. The molecule has 2 aliphatic rings. The average molecular weight is 674 g/mol. The zero-order chi connectivity index (χ0) is 32.9. The monoisotopic (exact) mass is 673 g/mol. The first-order chi connectivity index (χ1) is 21.9. The number of likely N-dealkylation sites (tertiary alicyclic amines) is 1. The topological polar surface area (TPSA) is 112 Å². The first-order valence-electron chi connectivity index (χ1n) is 14.4. The van der Waals surface area contributed by atoms with Gasteiger partial charge in [-0.1, -0.05) is 24.2 Å². The van der Waals surface area contributed by atoms with Crippen molar-refractivity contribution in [2.75, 3.05) is 57.0 Å². The molecule has 240 valence electrons. The van der Waals surface area contributed by atoms with Gasteiger partial charge in [0.2, 0.25) is 5.91 Å². The van der Waals surface area contributed by atoms with E-state index in [-0.39, 0.29) is 85.3 Å². The van der Waals surface area contributed by atoms with E-state index in [0.717, 1.165) is 47.8 Å². The normalized spacial score (nSPS) is 18.6. The van der Waals surface area contributed by atoms with Crippen LogP contribution in [0.15, 0.2) is 30.9 Å². The summed E-state index contributed by atoms with van der Waals surface area (Å²) in [5.74, 6) is -5.64. The number of ether oxygens (including phenoxy) is 1. The number of nitrogens with two attached hydrogens (primary N) is 1. The molecule has 0 unspecified atom stereocenters. The van der Waals surface area contributed by atoms with E-state index in [2.05, 4.69) is 21.4 Å². The van der Waals surface area contributed by atoms with Crippen LogP contribution in [0.25, 0.3) is 32.1 Å². The summed E-state index contributed by atoms with van der Waals surface area (Å²) in [6.07, 6.45) is 2.80. The van der Waals surface area contributed by atoms with Gasteiger partial charge < -0.3 is 25.2 Å². The number of anilines is 2. The number of carbonyl (C=O) groups excluding carboxylic acids is 1. The maximum absolute atomic E-state index is 16.8. The molecule has 9 nitrogen and oxygen atoms in total. The number of likely N-dealkylation sites (N-methyl/N-ethyl adjacent to an activating group) is 1. The largest absolute Gasteiger partial charge is 0.462 e. The second-order valence-corrected chi connectivity index (χ2v) is 12.8. The minimum atomic E-state index is -3.35. The summed E-state index contributed by atoms with van der Waals surface area (Å²) in [5.41, 5.74) is 5.64. The maximum atomic E-state index is 16.8. The second-order valence-electron chi connectivity index (χ2n) is 11.4. The van der Waals surface area contributed by atoms with Gasteiger partial charge in [-0.15, -0.1) is 11.3 Å². The minimum absolute atomic E-state index is 0.0245. The van der Waals surface area contributed by atoms with E-state index in [0.29, 0.717) is 0 Å². The van der Waals surface area contributed by atoms with Crippen LogP contribution in [0.4, 0.5) is 28.4 Å². The van der Waals surface area contributed by atoms with Crippen LogP contribution in [-0.4, -0.2) is 84.0 Å². The molecule has 1 amide bonds. The molecule has 6 rings (SSSR count). The van der Waals surface area contributed by atoms with Crippen LogP contribution in [0.5, 0.6) is 6.01 Å². The van der Waals surface area contributed by atoms with Crippen molar-refractivity contribution in [3.63, 3.8) is 0 Å². The van der Waals surface area contributed by atoms with Crippen LogP contribution >= 0.6 is 22.9 Å². The van der Waals surface area contributed by atoms with Crippen LogP contribution in [0, 0.1) is 23.0 Å². The molecular weight excluding hydrogens is 646 g/mol. The number of nitrogen functional groups attached to an aromatic ring is 1. The van der Waals surface area contributed by atoms with Gasteiger partial charge >= 0.3 is 6.01 Å². The number of halogens is 5. The third-order valence-corrected chi connectivity index (χ3v) is 9.71. The number of nitriles is 1. The highest BCUT2D eigenvalue weighted by molar-refractivity contribution is 7.23. The SMILES string of the molecule is C=CC(=O)N1CCN(c2nc(OC[C@@H]3CCCN3C)nc3c(F)c(-c4ccc(F)c5sc(N)c(C#N)c45)c(Cl)cc23)CC(F)(F)C1. The van der Waals surface area contributed by atoms with Crippen molar-refractivity contribution >= 4 is 60.7 Å². The Kier molecular flexibility index (Phi) is 8.43. The van der Waals surface area contributed by atoms with Crippen molar-refractivity contribution in [3.05, 3.63) is 53.1 Å². The number of rotatable bonds is 6. The number of alkyl halides is 2. The maximum Gasteiger partial charge on any atom is 0.319 e. The summed E-state index contributed by atoms with van der Waals surface area (Å²) in [4.78, 5) is 25.5. The van der Waals surface area contributed by atoms with E-state index in [1.807, 2.05) is 13.1 Å². The molecular formula is C31H28ClF4N7O2S. The minimum Gasteiger partial charge on any atom is -0.462 e. The molecule has 2 fully saturated rings. The summed E-state index contributed by atoms with van der Waals surface area (Å²) in [6, 6.07) is 5.56. The summed E-state index contributed by atoms with van der Waals surface area (Å²) >= 11 is 7.56. The molecule has 2 aliphatic heterocycles. The van der Waals surface area contributed by atoms with Crippen molar-refractivity contribution in [2.24, 2.45) is 0 Å². The number of fused-ring (bicyclic) bond motifs is 2. The molecule has 15 heteroatoms. The van der Waals surface area contributed by atoms with E-state index in [1.165, 1.54) is 17.0 Å². The van der Waals surface area contributed by atoms with Crippen LogP contribution in [0.2, 0.25) is 5.02 Å². The fourth-order valence-corrected chi connectivity index (χ4v) is 7.33. The number of carbonyl (C=O) groups is 1. The molecule has 0 radical (unpaired) electrons. The van der Waals surface area contributed by atoms with E-state index in [1.54, 1.807) is 0 Å². The Morgan fingerprint density at radius 1 is 1.28 bits per heavy atom. The zero-order valence-corrected chi connectivity index (χ0v) is 26.2. The molecule has 0 aliphatic carbocycles. The Morgan fingerprint density at radius 2 is 2.07 bits per heavy atom. The van der Waals surface area contributed by atoms with Crippen LogP contribution in [0.1, 0.15) is 18.4 Å². The fraction of sp³-hybridized carbons (Fsp3) is 0.355. The van der Waals surface area contributed by atoms with E-state index in [9.17, 15) is 14.4 Å². The molecule has 2 saturated heterocycles. The lowest BCUT2D eigenvalue weighted by atomic mass is 9.97. The highest BCUT2D eigenvalue weighted by atomic mass is 35.5. The second kappa shape index (κ2) is 12.2. The van der Waals surface area contributed by atoms with Gasteiger partial charge in [0.15, 0.2) is 5.82 Å². The summed E-state index contributed by atoms with van der Waals surface area (Å²) in [7, 11) is 1.95. The van der Waals surface area contributed by atoms with Crippen molar-refractivity contribution in [1.29, 1.82) is 5.26 Å².